The predicted molar refractivity (Wildman–Crippen MR) is 73.7 cm³/mol. The second kappa shape index (κ2) is 5.00. The molecule has 0 aliphatic heterocycles. The summed E-state index contributed by atoms with van der Waals surface area (Å²) < 4.78 is 1.54. The van der Waals surface area contributed by atoms with E-state index in [-0.39, 0.29) is 5.56 Å². The predicted octanol–water partition coefficient (Wildman–Crippen LogP) is 2.04. The first-order valence-corrected chi connectivity index (χ1v) is 6.08. The fourth-order valence-electron chi connectivity index (χ4n) is 1.95. The lowest BCUT2D eigenvalue weighted by Gasteiger charge is -2.06. The topological polar surface area (TPSA) is 79.5 Å². The number of hydrogen-bond acceptors (Lipinski definition) is 4. The highest BCUT2D eigenvalue weighted by molar-refractivity contribution is 5.95. The largest absolute Gasteiger partial charge is 0.478 e. The number of aromatic nitrogens is 3. The SMILES string of the molecule is O=C(O)c1cnn2ccc(NCc3ccccn3)cc12. The van der Waals surface area contributed by atoms with Gasteiger partial charge in [-0.3, -0.25) is 4.98 Å². The Bertz CT molecular complexity index is 752. The number of fused-ring (bicyclic) bond motifs is 1. The molecule has 0 fully saturated rings. The molecule has 0 saturated carbocycles. The van der Waals surface area contributed by atoms with Crippen molar-refractivity contribution >= 4 is 17.2 Å². The minimum atomic E-state index is -0.984. The Hall–Kier alpha value is -2.89. The minimum absolute atomic E-state index is 0.187. The summed E-state index contributed by atoms with van der Waals surface area (Å²) in [7, 11) is 0. The summed E-state index contributed by atoms with van der Waals surface area (Å²) in [5.74, 6) is -0.984. The molecular formula is C14H12N4O2. The van der Waals surface area contributed by atoms with E-state index in [1.165, 1.54) is 10.7 Å². The van der Waals surface area contributed by atoms with Gasteiger partial charge in [0.15, 0.2) is 0 Å². The van der Waals surface area contributed by atoms with E-state index in [2.05, 4.69) is 15.4 Å². The number of carboxylic acid groups (broad SMARTS) is 1. The molecule has 0 atom stereocenters. The maximum atomic E-state index is 11.1. The molecule has 0 aliphatic rings. The van der Waals surface area contributed by atoms with Crippen molar-refractivity contribution in [3.05, 3.63) is 60.2 Å². The Morgan fingerprint density at radius 1 is 1.35 bits per heavy atom. The molecule has 0 bridgehead atoms. The lowest BCUT2D eigenvalue weighted by molar-refractivity contribution is 0.0699. The molecule has 0 saturated heterocycles. The van der Waals surface area contributed by atoms with Gasteiger partial charge in [0.2, 0.25) is 0 Å². The molecule has 3 aromatic rings. The van der Waals surface area contributed by atoms with Crippen molar-refractivity contribution in [3.8, 4) is 0 Å². The van der Waals surface area contributed by atoms with Crippen molar-refractivity contribution in [2.24, 2.45) is 0 Å². The molecular weight excluding hydrogens is 256 g/mol. The molecule has 0 aliphatic carbocycles. The number of nitrogens with one attached hydrogen (secondary N) is 1. The molecule has 0 aromatic carbocycles. The maximum Gasteiger partial charge on any atom is 0.339 e. The second-order valence-electron chi connectivity index (χ2n) is 4.28. The van der Waals surface area contributed by atoms with Crippen LogP contribution in [0.1, 0.15) is 16.1 Å². The van der Waals surface area contributed by atoms with Crippen LogP contribution in [-0.2, 0) is 6.54 Å². The molecule has 0 spiro atoms. The Balaban J connectivity index is 1.85. The molecule has 2 N–H and O–H groups in total. The third-order valence-electron chi connectivity index (χ3n) is 2.95. The third kappa shape index (κ3) is 2.31. The molecule has 3 aromatic heterocycles. The van der Waals surface area contributed by atoms with Crippen LogP contribution in [0.5, 0.6) is 0 Å². The van der Waals surface area contributed by atoms with Crippen molar-refractivity contribution in [1.29, 1.82) is 0 Å². The van der Waals surface area contributed by atoms with E-state index >= 15 is 0 Å². The number of rotatable bonds is 4. The molecule has 3 heterocycles. The average molecular weight is 268 g/mol. The van der Waals surface area contributed by atoms with E-state index < -0.39 is 5.97 Å². The van der Waals surface area contributed by atoms with Gasteiger partial charge in [-0.05, 0) is 24.3 Å². The quantitative estimate of drug-likeness (QED) is 0.757. The first-order valence-electron chi connectivity index (χ1n) is 6.08. The van der Waals surface area contributed by atoms with Gasteiger partial charge in [0.05, 0.1) is 24.0 Å². The fraction of sp³-hybridized carbons (Fsp3) is 0.0714. The van der Waals surface area contributed by atoms with E-state index in [0.717, 1.165) is 11.4 Å². The van der Waals surface area contributed by atoms with Gasteiger partial charge in [0, 0.05) is 18.1 Å². The van der Waals surface area contributed by atoms with Crippen LogP contribution in [0, 0.1) is 0 Å². The second-order valence-corrected chi connectivity index (χ2v) is 4.28. The van der Waals surface area contributed by atoms with Crippen LogP contribution < -0.4 is 5.32 Å². The maximum absolute atomic E-state index is 11.1. The summed E-state index contributed by atoms with van der Waals surface area (Å²) in [6, 6.07) is 9.31. The van der Waals surface area contributed by atoms with Gasteiger partial charge in [-0.2, -0.15) is 5.10 Å². The van der Waals surface area contributed by atoms with Crippen LogP contribution in [0.2, 0.25) is 0 Å². The number of aromatic carboxylic acids is 1. The Morgan fingerprint density at radius 2 is 2.25 bits per heavy atom. The molecule has 0 radical (unpaired) electrons. The van der Waals surface area contributed by atoms with Crippen LogP contribution in [0.15, 0.2) is 48.9 Å². The van der Waals surface area contributed by atoms with Crippen molar-refractivity contribution in [2.45, 2.75) is 6.54 Å². The first-order chi connectivity index (χ1) is 9.74. The van der Waals surface area contributed by atoms with Gasteiger partial charge in [-0.1, -0.05) is 6.07 Å². The van der Waals surface area contributed by atoms with E-state index in [4.69, 9.17) is 5.11 Å². The molecule has 0 amide bonds. The Morgan fingerprint density at radius 3 is 3.00 bits per heavy atom. The zero-order valence-electron chi connectivity index (χ0n) is 10.5. The lowest BCUT2D eigenvalue weighted by Crippen LogP contribution is -2.02. The number of anilines is 1. The Kier molecular flexibility index (Phi) is 3.04. The summed E-state index contributed by atoms with van der Waals surface area (Å²) >= 11 is 0. The van der Waals surface area contributed by atoms with Crippen molar-refractivity contribution in [2.75, 3.05) is 5.32 Å². The normalized spacial score (nSPS) is 10.6. The van der Waals surface area contributed by atoms with Crippen LogP contribution in [0.4, 0.5) is 5.69 Å². The van der Waals surface area contributed by atoms with E-state index in [1.54, 1.807) is 18.5 Å². The number of pyridine rings is 2. The summed E-state index contributed by atoms with van der Waals surface area (Å²) in [5.41, 5.74) is 2.49. The molecule has 6 heteroatoms. The van der Waals surface area contributed by atoms with Crippen LogP contribution in [0.3, 0.4) is 0 Å². The standard InChI is InChI=1S/C14H12N4O2/c19-14(20)12-9-17-18-6-4-10(7-13(12)18)16-8-11-3-1-2-5-15-11/h1-7,9,16H,8H2,(H,19,20). The van der Waals surface area contributed by atoms with E-state index in [0.29, 0.717) is 12.1 Å². The molecule has 0 unspecified atom stereocenters. The highest BCUT2D eigenvalue weighted by Gasteiger charge is 2.11. The number of nitrogens with zero attached hydrogens (tertiary/aromatic N) is 3. The first kappa shape index (κ1) is 12.2. The lowest BCUT2D eigenvalue weighted by atomic mass is 10.2. The Labute approximate surface area is 114 Å². The molecule has 100 valence electrons. The zero-order chi connectivity index (χ0) is 13.9. The molecule has 3 rings (SSSR count). The van der Waals surface area contributed by atoms with Gasteiger partial charge in [-0.25, -0.2) is 9.31 Å². The summed E-state index contributed by atoms with van der Waals surface area (Å²) in [4.78, 5) is 15.3. The van der Waals surface area contributed by atoms with E-state index in [1.807, 2.05) is 24.3 Å². The molecule has 6 nitrogen and oxygen atoms in total. The smallest absolute Gasteiger partial charge is 0.339 e. The van der Waals surface area contributed by atoms with Gasteiger partial charge < -0.3 is 10.4 Å². The van der Waals surface area contributed by atoms with Crippen LogP contribution >= 0.6 is 0 Å². The number of carboxylic acids is 1. The van der Waals surface area contributed by atoms with Crippen molar-refractivity contribution < 1.29 is 9.90 Å². The monoisotopic (exact) mass is 268 g/mol. The van der Waals surface area contributed by atoms with Crippen LogP contribution in [0.25, 0.3) is 5.52 Å². The summed E-state index contributed by atoms with van der Waals surface area (Å²) in [6.45, 7) is 0.577. The number of hydrogen-bond donors (Lipinski definition) is 2. The van der Waals surface area contributed by atoms with Crippen LogP contribution in [-0.4, -0.2) is 25.7 Å². The van der Waals surface area contributed by atoms with Gasteiger partial charge >= 0.3 is 5.97 Å². The molecule has 20 heavy (non-hydrogen) atoms. The summed E-state index contributed by atoms with van der Waals surface area (Å²) in [6.07, 6.45) is 4.81. The van der Waals surface area contributed by atoms with Crippen molar-refractivity contribution in [1.82, 2.24) is 14.6 Å². The van der Waals surface area contributed by atoms with E-state index in [9.17, 15) is 4.79 Å². The van der Waals surface area contributed by atoms with Crippen molar-refractivity contribution in [3.63, 3.8) is 0 Å². The summed E-state index contributed by atoms with van der Waals surface area (Å²) in [5, 5.41) is 16.3. The van der Waals surface area contributed by atoms with Gasteiger partial charge in [-0.15, -0.1) is 0 Å². The number of carbonyl (C=O) groups is 1. The zero-order valence-corrected chi connectivity index (χ0v) is 10.5. The third-order valence-corrected chi connectivity index (χ3v) is 2.95. The highest BCUT2D eigenvalue weighted by atomic mass is 16.4. The van der Waals surface area contributed by atoms with Gasteiger partial charge in [0.25, 0.3) is 0 Å². The minimum Gasteiger partial charge on any atom is -0.478 e. The average Bonchev–Trinajstić information content (AvgIpc) is 2.89. The fourth-order valence-corrected chi connectivity index (χ4v) is 1.95. The van der Waals surface area contributed by atoms with Gasteiger partial charge in [0.1, 0.15) is 5.56 Å². The highest BCUT2D eigenvalue weighted by Crippen LogP contribution is 2.16.